The second-order valence-electron chi connectivity index (χ2n) is 4.53. The SMILES string of the molecule is COCC(C)C(CN)N(C)C(C)CCSC. The van der Waals surface area contributed by atoms with E-state index in [4.69, 9.17) is 10.5 Å². The van der Waals surface area contributed by atoms with Crippen LogP contribution in [0.4, 0.5) is 0 Å². The lowest BCUT2D eigenvalue weighted by Gasteiger charge is -2.36. The minimum Gasteiger partial charge on any atom is -0.384 e. The van der Waals surface area contributed by atoms with Crippen LogP contribution in [0.3, 0.4) is 0 Å². The van der Waals surface area contributed by atoms with Crippen LogP contribution in [0.1, 0.15) is 20.3 Å². The maximum atomic E-state index is 5.87. The maximum Gasteiger partial charge on any atom is 0.0503 e. The van der Waals surface area contributed by atoms with Crippen LogP contribution in [-0.4, -0.2) is 56.3 Å². The third-order valence-electron chi connectivity index (χ3n) is 3.29. The molecule has 3 unspecified atom stereocenters. The van der Waals surface area contributed by atoms with Gasteiger partial charge in [-0.15, -0.1) is 0 Å². The summed E-state index contributed by atoms with van der Waals surface area (Å²) in [6, 6.07) is 0.997. The first-order valence-electron chi connectivity index (χ1n) is 5.98. The maximum absolute atomic E-state index is 5.87. The fraction of sp³-hybridized carbons (Fsp3) is 1.00. The van der Waals surface area contributed by atoms with Gasteiger partial charge in [-0.05, 0) is 38.3 Å². The number of nitrogens with zero attached hydrogens (tertiary/aromatic N) is 1. The second kappa shape index (κ2) is 9.28. The van der Waals surface area contributed by atoms with Gasteiger partial charge in [-0.3, -0.25) is 4.90 Å². The van der Waals surface area contributed by atoms with Gasteiger partial charge in [0.25, 0.3) is 0 Å². The monoisotopic (exact) mass is 248 g/mol. The van der Waals surface area contributed by atoms with Gasteiger partial charge in [0.1, 0.15) is 0 Å². The number of ether oxygens (including phenoxy) is 1. The zero-order valence-corrected chi connectivity index (χ0v) is 12.2. The lowest BCUT2D eigenvalue weighted by molar-refractivity contribution is 0.0796. The summed E-state index contributed by atoms with van der Waals surface area (Å²) in [4.78, 5) is 2.40. The lowest BCUT2D eigenvalue weighted by Crippen LogP contribution is -2.48. The average Bonchev–Trinajstić information content (AvgIpc) is 2.27. The van der Waals surface area contributed by atoms with Crippen molar-refractivity contribution in [2.24, 2.45) is 11.7 Å². The summed E-state index contributed by atoms with van der Waals surface area (Å²) in [5, 5.41) is 0. The van der Waals surface area contributed by atoms with E-state index in [2.05, 4.69) is 32.1 Å². The number of methoxy groups -OCH3 is 1. The largest absolute Gasteiger partial charge is 0.384 e. The van der Waals surface area contributed by atoms with Crippen molar-refractivity contribution in [1.82, 2.24) is 4.90 Å². The molecule has 0 rings (SSSR count). The van der Waals surface area contributed by atoms with Gasteiger partial charge in [0, 0.05) is 25.7 Å². The van der Waals surface area contributed by atoms with Gasteiger partial charge in [-0.25, -0.2) is 0 Å². The Bertz CT molecular complexity index is 169. The minimum atomic E-state index is 0.414. The smallest absolute Gasteiger partial charge is 0.0503 e. The topological polar surface area (TPSA) is 38.5 Å². The molecule has 0 saturated heterocycles. The third-order valence-corrected chi connectivity index (χ3v) is 3.93. The van der Waals surface area contributed by atoms with Gasteiger partial charge in [-0.2, -0.15) is 11.8 Å². The van der Waals surface area contributed by atoms with Crippen molar-refractivity contribution in [2.45, 2.75) is 32.4 Å². The lowest BCUT2D eigenvalue weighted by atomic mass is 10.00. The Labute approximate surface area is 105 Å². The molecule has 2 N–H and O–H groups in total. The van der Waals surface area contributed by atoms with E-state index < -0.39 is 0 Å². The molecular formula is C12H28N2OS. The van der Waals surface area contributed by atoms with Gasteiger partial charge in [0.2, 0.25) is 0 Å². The van der Waals surface area contributed by atoms with E-state index in [1.165, 1.54) is 12.2 Å². The molecule has 0 aliphatic carbocycles. The van der Waals surface area contributed by atoms with Gasteiger partial charge >= 0.3 is 0 Å². The van der Waals surface area contributed by atoms with E-state index in [1.807, 2.05) is 11.8 Å². The normalized spacial score (nSPS) is 17.4. The van der Waals surface area contributed by atoms with Crippen molar-refractivity contribution in [3.05, 3.63) is 0 Å². The number of nitrogens with two attached hydrogens (primary N) is 1. The molecule has 4 heteroatoms. The van der Waals surface area contributed by atoms with Gasteiger partial charge in [-0.1, -0.05) is 6.92 Å². The Morgan fingerprint density at radius 1 is 1.38 bits per heavy atom. The van der Waals surface area contributed by atoms with Gasteiger partial charge < -0.3 is 10.5 Å². The minimum absolute atomic E-state index is 0.414. The molecule has 0 aromatic heterocycles. The molecule has 0 aliphatic heterocycles. The zero-order valence-electron chi connectivity index (χ0n) is 11.4. The number of rotatable bonds is 9. The molecule has 0 aromatic carbocycles. The van der Waals surface area contributed by atoms with Crippen LogP contribution < -0.4 is 5.73 Å². The first kappa shape index (κ1) is 16.2. The van der Waals surface area contributed by atoms with E-state index in [-0.39, 0.29) is 0 Å². The van der Waals surface area contributed by atoms with Crippen molar-refractivity contribution in [3.8, 4) is 0 Å². The molecule has 0 fully saturated rings. The summed E-state index contributed by atoms with van der Waals surface area (Å²) in [7, 11) is 3.93. The highest BCUT2D eigenvalue weighted by molar-refractivity contribution is 7.98. The Morgan fingerprint density at radius 2 is 2.00 bits per heavy atom. The fourth-order valence-corrected chi connectivity index (χ4v) is 2.57. The fourth-order valence-electron chi connectivity index (χ4n) is 1.99. The first-order chi connectivity index (χ1) is 7.58. The molecule has 0 aliphatic rings. The Kier molecular flexibility index (Phi) is 9.41. The third kappa shape index (κ3) is 5.53. The van der Waals surface area contributed by atoms with E-state index in [1.54, 1.807) is 7.11 Å². The molecule has 0 aromatic rings. The molecular weight excluding hydrogens is 220 g/mol. The summed E-state index contributed by atoms with van der Waals surface area (Å²) in [5.74, 6) is 1.69. The molecule has 98 valence electrons. The zero-order chi connectivity index (χ0) is 12.6. The van der Waals surface area contributed by atoms with Gasteiger partial charge in [0.15, 0.2) is 0 Å². The summed E-state index contributed by atoms with van der Waals surface area (Å²) in [5.41, 5.74) is 5.87. The molecule has 3 atom stereocenters. The van der Waals surface area contributed by atoms with Crippen LogP contribution in [0.15, 0.2) is 0 Å². The number of likely N-dealkylation sites (N-methyl/N-ethyl adjacent to an activating group) is 1. The predicted molar refractivity (Wildman–Crippen MR) is 74.1 cm³/mol. The van der Waals surface area contributed by atoms with Crippen molar-refractivity contribution in [1.29, 1.82) is 0 Å². The van der Waals surface area contributed by atoms with Crippen LogP contribution >= 0.6 is 11.8 Å². The molecule has 0 radical (unpaired) electrons. The standard InChI is InChI=1S/C12H28N2OS/c1-10(9-15-4)12(8-13)14(3)11(2)6-7-16-5/h10-12H,6-9,13H2,1-5H3. The average molecular weight is 248 g/mol. The summed E-state index contributed by atoms with van der Waals surface area (Å²) < 4.78 is 5.21. The van der Waals surface area contributed by atoms with E-state index in [9.17, 15) is 0 Å². The molecule has 0 amide bonds. The van der Waals surface area contributed by atoms with Crippen LogP contribution in [0.25, 0.3) is 0 Å². The Hall–Kier alpha value is 0.230. The molecule has 3 nitrogen and oxygen atoms in total. The quantitative estimate of drug-likeness (QED) is 0.674. The molecule has 0 spiro atoms. The van der Waals surface area contributed by atoms with Crippen LogP contribution in [0.5, 0.6) is 0 Å². The van der Waals surface area contributed by atoms with E-state index in [0.29, 0.717) is 24.5 Å². The molecule has 0 saturated carbocycles. The second-order valence-corrected chi connectivity index (χ2v) is 5.52. The first-order valence-corrected chi connectivity index (χ1v) is 7.37. The highest BCUT2D eigenvalue weighted by Crippen LogP contribution is 2.15. The van der Waals surface area contributed by atoms with Crippen molar-refractivity contribution >= 4 is 11.8 Å². The number of thioether (sulfide) groups is 1. The summed E-state index contributed by atoms with van der Waals surface area (Å²) >= 11 is 1.90. The highest BCUT2D eigenvalue weighted by Gasteiger charge is 2.23. The van der Waals surface area contributed by atoms with Crippen molar-refractivity contribution in [3.63, 3.8) is 0 Å². The van der Waals surface area contributed by atoms with E-state index in [0.717, 1.165) is 6.61 Å². The highest BCUT2D eigenvalue weighted by atomic mass is 32.2. The van der Waals surface area contributed by atoms with Crippen LogP contribution in [0.2, 0.25) is 0 Å². The number of hydrogen-bond donors (Lipinski definition) is 1. The molecule has 16 heavy (non-hydrogen) atoms. The summed E-state index contributed by atoms with van der Waals surface area (Å²) in [6.45, 7) is 5.96. The van der Waals surface area contributed by atoms with E-state index >= 15 is 0 Å². The Balaban J connectivity index is 4.21. The molecule has 0 bridgehead atoms. The van der Waals surface area contributed by atoms with Crippen molar-refractivity contribution < 1.29 is 4.74 Å². The molecule has 0 heterocycles. The Morgan fingerprint density at radius 3 is 2.44 bits per heavy atom. The van der Waals surface area contributed by atoms with Crippen LogP contribution in [0, 0.1) is 5.92 Å². The van der Waals surface area contributed by atoms with Gasteiger partial charge in [0.05, 0.1) is 6.61 Å². The van der Waals surface area contributed by atoms with Crippen molar-refractivity contribution in [2.75, 3.05) is 39.3 Å². The van der Waals surface area contributed by atoms with Crippen LogP contribution in [-0.2, 0) is 4.74 Å². The predicted octanol–water partition coefficient (Wildman–Crippen LogP) is 1.67. The number of hydrogen-bond acceptors (Lipinski definition) is 4. The summed E-state index contributed by atoms with van der Waals surface area (Å²) in [6.07, 6.45) is 3.37.